The number of carbonyl (C=O) groups excluding carboxylic acids is 1. The van der Waals surface area contributed by atoms with Gasteiger partial charge in [0.25, 0.3) is 0 Å². The SMILES string of the molecule is CC[C@H](C)[C@H](N)C(=O)N1C[C@@H](CCB(O)O)C[C@](N)(C(=O)O)C1.Cl.Cl. The summed E-state index contributed by atoms with van der Waals surface area (Å²) in [6.07, 6.45) is 1.43. The summed E-state index contributed by atoms with van der Waals surface area (Å²) in [4.78, 5) is 25.5. The Kier molecular flexibility index (Phi) is 11.9. The van der Waals surface area contributed by atoms with Crippen molar-refractivity contribution < 1.29 is 24.7 Å². The van der Waals surface area contributed by atoms with Crippen molar-refractivity contribution in [2.45, 2.75) is 51.0 Å². The summed E-state index contributed by atoms with van der Waals surface area (Å²) in [5, 5.41) is 27.4. The molecule has 0 aromatic heterocycles. The molecule has 1 heterocycles. The molecule has 0 bridgehead atoms. The molecule has 1 fully saturated rings. The number of piperidine rings is 1. The minimum Gasteiger partial charge on any atom is -0.480 e. The lowest BCUT2D eigenvalue weighted by molar-refractivity contribution is -0.150. The van der Waals surface area contributed by atoms with Crippen LogP contribution in [0.2, 0.25) is 6.32 Å². The summed E-state index contributed by atoms with van der Waals surface area (Å²) in [5.74, 6) is -1.69. The van der Waals surface area contributed by atoms with Gasteiger partial charge in [0, 0.05) is 13.1 Å². The van der Waals surface area contributed by atoms with Crippen LogP contribution >= 0.6 is 24.8 Å². The number of amides is 1. The van der Waals surface area contributed by atoms with Gasteiger partial charge in [0.2, 0.25) is 5.91 Å². The van der Waals surface area contributed by atoms with Gasteiger partial charge in [-0.3, -0.25) is 9.59 Å². The zero-order valence-corrected chi connectivity index (χ0v) is 16.3. The van der Waals surface area contributed by atoms with E-state index in [0.29, 0.717) is 13.0 Å². The summed E-state index contributed by atoms with van der Waals surface area (Å²) < 4.78 is 0. The molecule has 0 aromatic carbocycles. The monoisotopic (exact) mass is 401 g/mol. The van der Waals surface area contributed by atoms with E-state index in [-0.39, 0.29) is 61.8 Å². The van der Waals surface area contributed by atoms with Crippen molar-refractivity contribution in [3.63, 3.8) is 0 Å². The zero-order valence-electron chi connectivity index (χ0n) is 14.6. The van der Waals surface area contributed by atoms with Crippen LogP contribution in [0, 0.1) is 11.8 Å². The molecule has 0 unspecified atom stereocenters. The van der Waals surface area contributed by atoms with Crippen LogP contribution in [0.15, 0.2) is 0 Å². The molecule has 0 aliphatic carbocycles. The van der Waals surface area contributed by atoms with Crippen molar-refractivity contribution in [2.75, 3.05) is 13.1 Å². The Morgan fingerprint density at radius 1 is 1.36 bits per heavy atom. The second-order valence-corrected chi connectivity index (χ2v) is 6.72. The predicted molar refractivity (Wildman–Crippen MR) is 101 cm³/mol. The van der Waals surface area contributed by atoms with Crippen LogP contribution in [0.5, 0.6) is 0 Å². The molecular formula is C14H30BCl2N3O5. The van der Waals surface area contributed by atoms with E-state index in [0.717, 1.165) is 6.42 Å². The first-order chi connectivity index (χ1) is 10.6. The molecular weight excluding hydrogens is 372 g/mol. The molecule has 1 amide bonds. The number of nitrogens with two attached hydrogens (primary N) is 2. The maximum absolute atomic E-state index is 12.5. The minimum atomic E-state index is -1.53. The van der Waals surface area contributed by atoms with Crippen molar-refractivity contribution in [2.24, 2.45) is 23.3 Å². The highest BCUT2D eigenvalue weighted by molar-refractivity contribution is 6.40. The van der Waals surface area contributed by atoms with E-state index < -0.39 is 24.7 Å². The fourth-order valence-electron chi connectivity index (χ4n) is 2.97. The molecule has 1 aliphatic rings. The van der Waals surface area contributed by atoms with Crippen LogP contribution in [0.25, 0.3) is 0 Å². The smallest absolute Gasteiger partial charge is 0.451 e. The maximum atomic E-state index is 12.5. The molecule has 1 aliphatic heterocycles. The Morgan fingerprint density at radius 3 is 2.36 bits per heavy atom. The quantitative estimate of drug-likeness (QED) is 0.367. The second kappa shape index (κ2) is 11.2. The van der Waals surface area contributed by atoms with Gasteiger partial charge in [-0.25, -0.2) is 0 Å². The van der Waals surface area contributed by atoms with Gasteiger partial charge in [-0.05, 0) is 24.6 Å². The maximum Gasteiger partial charge on any atom is 0.451 e. The molecule has 148 valence electrons. The van der Waals surface area contributed by atoms with Crippen LogP contribution in [0.1, 0.15) is 33.1 Å². The van der Waals surface area contributed by atoms with Crippen LogP contribution in [0.4, 0.5) is 0 Å². The van der Waals surface area contributed by atoms with Crippen LogP contribution in [-0.2, 0) is 9.59 Å². The van der Waals surface area contributed by atoms with E-state index in [2.05, 4.69) is 0 Å². The number of carboxylic acids is 1. The molecule has 1 saturated heterocycles. The Hall–Kier alpha value is -0.575. The highest BCUT2D eigenvalue weighted by Gasteiger charge is 2.45. The average Bonchev–Trinajstić information content (AvgIpc) is 2.50. The second-order valence-electron chi connectivity index (χ2n) is 6.72. The number of carbonyl (C=O) groups is 2. The topological polar surface area (TPSA) is 150 Å². The molecule has 8 nitrogen and oxygen atoms in total. The first-order valence-corrected chi connectivity index (χ1v) is 8.03. The van der Waals surface area contributed by atoms with Gasteiger partial charge in [0.15, 0.2) is 0 Å². The third-order valence-electron chi connectivity index (χ3n) is 4.72. The first kappa shape index (κ1) is 26.7. The number of hydrogen-bond donors (Lipinski definition) is 5. The van der Waals surface area contributed by atoms with Crippen LogP contribution in [0.3, 0.4) is 0 Å². The molecule has 11 heteroatoms. The highest BCUT2D eigenvalue weighted by Crippen LogP contribution is 2.28. The van der Waals surface area contributed by atoms with E-state index in [1.54, 1.807) is 0 Å². The van der Waals surface area contributed by atoms with Crippen molar-refractivity contribution >= 4 is 43.8 Å². The predicted octanol–water partition coefficient (Wildman–Crippen LogP) is -0.303. The molecule has 0 aromatic rings. The van der Waals surface area contributed by atoms with Gasteiger partial charge in [0.1, 0.15) is 5.54 Å². The van der Waals surface area contributed by atoms with Crippen LogP contribution in [-0.4, -0.2) is 63.7 Å². The van der Waals surface area contributed by atoms with Gasteiger partial charge < -0.3 is 31.5 Å². The lowest BCUT2D eigenvalue weighted by Gasteiger charge is -2.43. The average molecular weight is 402 g/mol. The van der Waals surface area contributed by atoms with E-state index >= 15 is 0 Å². The Labute approximate surface area is 161 Å². The Bertz CT molecular complexity index is 447. The molecule has 7 N–H and O–H groups in total. The fraction of sp³-hybridized carbons (Fsp3) is 0.857. The van der Waals surface area contributed by atoms with E-state index in [1.807, 2.05) is 13.8 Å². The third kappa shape index (κ3) is 7.28. The number of likely N-dealkylation sites (tertiary alicyclic amines) is 1. The van der Waals surface area contributed by atoms with Gasteiger partial charge in [-0.15, -0.1) is 24.8 Å². The van der Waals surface area contributed by atoms with Crippen molar-refractivity contribution in [1.82, 2.24) is 4.90 Å². The van der Waals surface area contributed by atoms with Crippen LogP contribution < -0.4 is 11.5 Å². The largest absolute Gasteiger partial charge is 0.480 e. The van der Waals surface area contributed by atoms with E-state index in [1.165, 1.54) is 4.90 Å². The number of carboxylic acid groups (broad SMARTS) is 1. The van der Waals surface area contributed by atoms with Crippen molar-refractivity contribution in [1.29, 1.82) is 0 Å². The lowest BCUT2D eigenvalue weighted by Crippen LogP contribution is -2.64. The minimum absolute atomic E-state index is 0. The van der Waals surface area contributed by atoms with E-state index in [4.69, 9.17) is 21.5 Å². The van der Waals surface area contributed by atoms with Gasteiger partial charge in [-0.1, -0.05) is 26.7 Å². The van der Waals surface area contributed by atoms with E-state index in [9.17, 15) is 14.7 Å². The molecule has 0 radical (unpaired) electrons. The standard InChI is InChI=1S/C14H28BN3O5.2ClH/c1-3-9(2)11(16)12(19)18-7-10(4-5-15(22)23)6-14(17,8-18)13(20)21;;/h9-11,22-23H,3-8,16-17H2,1-2H3,(H,20,21);2*1H/t9-,10-,11-,14+;;/m0../s1. The number of rotatable bonds is 7. The van der Waals surface area contributed by atoms with Gasteiger partial charge >= 0.3 is 13.1 Å². The lowest BCUT2D eigenvalue weighted by atomic mass is 9.75. The molecule has 1 rings (SSSR count). The molecule has 0 saturated carbocycles. The molecule has 0 spiro atoms. The Morgan fingerprint density at radius 2 is 1.92 bits per heavy atom. The fourth-order valence-corrected chi connectivity index (χ4v) is 2.97. The Balaban J connectivity index is 0. The summed E-state index contributed by atoms with van der Waals surface area (Å²) in [6, 6.07) is -0.694. The summed E-state index contributed by atoms with van der Waals surface area (Å²) in [7, 11) is -1.46. The number of halogens is 2. The van der Waals surface area contributed by atoms with Gasteiger partial charge in [0.05, 0.1) is 6.04 Å². The summed E-state index contributed by atoms with van der Waals surface area (Å²) in [5.41, 5.74) is 10.4. The highest BCUT2D eigenvalue weighted by atomic mass is 35.5. The normalized spacial score (nSPS) is 25.2. The summed E-state index contributed by atoms with van der Waals surface area (Å²) >= 11 is 0. The zero-order chi connectivity index (χ0) is 17.8. The first-order valence-electron chi connectivity index (χ1n) is 8.03. The number of nitrogens with zero attached hydrogens (tertiary/aromatic N) is 1. The number of hydrogen-bond acceptors (Lipinski definition) is 6. The molecule has 4 atom stereocenters. The third-order valence-corrected chi connectivity index (χ3v) is 4.72. The van der Waals surface area contributed by atoms with Crippen molar-refractivity contribution in [3.05, 3.63) is 0 Å². The summed E-state index contributed by atoms with van der Waals surface area (Å²) in [6.45, 7) is 4.06. The van der Waals surface area contributed by atoms with Crippen molar-refractivity contribution in [3.8, 4) is 0 Å². The molecule has 25 heavy (non-hydrogen) atoms. The van der Waals surface area contributed by atoms with Gasteiger partial charge in [-0.2, -0.15) is 0 Å². The number of aliphatic carboxylic acids is 1.